The summed E-state index contributed by atoms with van der Waals surface area (Å²) in [6, 6.07) is 6.67. The first kappa shape index (κ1) is 19.8. The van der Waals surface area contributed by atoms with E-state index in [0.717, 1.165) is 12.8 Å². The van der Waals surface area contributed by atoms with Crippen LogP contribution in [0.15, 0.2) is 24.3 Å². The second-order valence-electron chi connectivity index (χ2n) is 5.54. The van der Waals surface area contributed by atoms with E-state index in [0.29, 0.717) is 12.4 Å². The molecule has 0 unspecified atom stereocenters. The number of benzene rings is 1. The molecule has 1 aromatic carbocycles. The highest BCUT2D eigenvalue weighted by Crippen LogP contribution is 2.20. The average molecular weight is 343 g/mol. The highest BCUT2D eigenvalue weighted by molar-refractivity contribution is 7.85. The maximum absolute atomic E-state index is 11.3. The highest BCUT2D eigenvalue weighted by Gasteiger charge is 2.09. The maximum Gasteiger partial charge on any atom is 0.382 e. The van der Waals surface area contributed by atoms with E-state index >= 15 is 0 Å². The predicted octanol–water partition coefficient (Wildman–Crippen LogP) is 4.05. The van der Waals surface area contributed by atoms with Crippen molar-refractivity contribution in [2.24, 2.45) is 0 Å². The Bertz CT molecular complexity index is 531. The van der Waals surface area contributed by atoms with Gasteiger partial charge in [-0.25, -0.2) is 0 Å². The predicted molar refractivity (Wildman–Crippen MR) is 93.2 cm³/mol. The van der Waals surface area contributed by atoms with Crippen LogP contribution in [0.5, 0.6) is 11.5 Å². The summed E-state index contributed by atoms with van der Waals surface area (Å²) >= 11 is 0. The summed E-state index contributed by atoms with van der Waals surface area (Å²) in [7, 11) is -2.43. The number of unbranched alkanes of at least 4 members (excludes halogenated alkanes) is 7. The van der Waals surface area contributed by atoms with Crippen LogP contribution in [0.25, 0.3) is 0 Å². The minimum atomic E-state index is -3.74. The van der Waals surface area contributed by atoms with Crippen LogP contribution in [-0.2, 0) is 10.3 Å². The smallest absolute Gasteiger partial charge is 0.382 e. The molecule has 0 radical (unpaired) electrons. The lowest BCUT2D eigenvalue weighted by atomic mass is 10.1. The topological polar surface area (TPSA) is 64.6 Å². The molecule has 0 atom stereocenters. The molecule has 0 aliphatic carbocycles. The van der Waals surface area contributed by atoms with Crippen LogP contribution in [0.1, 0.15) is 58.3 Å². The Kier molecular flexibility index (Phi) is 9.71. The fourth-order valence-corrected chi connectivity index (χ4v) is 2.65. The fourth-order valence-electron chi connectivity index (χ4n) is 2.21. The molecule has 0 aliphatic rings. The van der Waals surface area contributed by atoms with E-state index in [4.69, 9.17) is 8.92 Å². The maximum atomic E-state index is 11.3. The molecule has 1 rings (SSSR count). The molecule has 0 aliphatic heterocycles. The first-order chi connectivity index (χ1) is 11.1. The van der Waals surface area contributed by atoms with Crippen molar-refractivity contribution in [3.8, 4) is 11.5 Å². The molecule has 0 spiro atoms. The molecule has 0 fully saturated rings. The SMILES string of the molecule is CCCCCCCCCCOc1cccc(OS(=O)(=O)NC)c1. The second kappa shape index (κ2) is 11.3. The van der Waals surface area contributed by atoms with Gasteiger partial charge in [-0.2, -0.15) is 13.1 Å². The molecule has 1 N–H and O–H groups in total. The van der Waals surface area contributed by atoms with Crippen LogP contribution >= 0.6 is 0 Å². The summed E-state index contributed by atoms with van der Waals surface area (Å²) in [5.74, 6) is 0.865. The summed E-state index contributed by atoms with van der Waals surface area (Å²) < 4.78 is 35.3. The van der Waals surface area contributed by atoms with Gasteiger partial charge in [-0.3, -0.25) is 0 Å². The minimum absolute atomic E-state index is 0.243. The van der Waals surface area contributed by atoms with E-state index in [2.05, 4.69) is 11.6 Å². The molecular weight excluding hydrogens is 314 g/mol. The molecule has 0 bridgehead atoms. The Morgan fingerprint density at radius 2 is 1.57 bits per heavy atom. The van der Waals surface area contributed by atoms with Crippen molar-refractivity contribution in [2.45, 2.75) is 58.3 Å². The molecule has 5 nitrogen and oxygen atoms in total. The van der Waals surface area contributed by atoms with Crippen LogP contribution < -0.4 is 13.6 Å². The van der Waals surface area contributed by atoms with Crippen LogP contribution in [0, 0.1) is 0 Å². The van der Waals surface area contributed by atoms with Gasteiger partial charge in [-0.05, 0) is 18.6 Å². The summed E-state index contributed by atoms with van der Waals surface area (Å²) in [4.78, 5) is 0. The van der Waals surface area contributed by atoms with Gasteiger partial charge in [-0.1, -0.05) is 57.9 Å². The zero-order valence-corrected chi connectivity index (χ0v) is 15.0. The Morgan fingerprint density at radius 1 is 0.957 bits per heavy atom. The molecule has 6 heteroatoms. The summed E-state index contributed by atoms with van der Waals surface area (Å²) in [6.45, 7) is 2.86. The standard InChI is InChI=1S/C17H29NO4S/c1-3-4-5-6-7-8-9-10-14-21-16-12-11-13-17(15-16)22-23(19,20)18-2/h11-13,15,18H,3-10,14H2,1-2H3. The van der Waals surface area contributed by atoms with Gasteiger partial charge in [0.15, 0.2) is 0 Å². The van der Waals surface area contributed by atoms with E-state index in [-0.39, 0.29) is 5.75 Å². The van der Waals surface area contributed by atoms with Crippen LogP contribution in [0.2, 0.25) is 0 Å². The largest absolute Gasteiger partial charge is 0.493 e. The molecular formula is C17H29NO4S. The Hall–Kier alpha value is -1.27. The molecule has 0 saturated heterocycles. The molecule has 132 valence electrons. The number of hydrogen-bond donors (Lipinski definition) is 1. The molecule has 0 saturated carbocycles. The van der Waals surface area contributed by atoms with Gasteiger partial charge in [0.25, 0.3) is 0 Å². The van der Waals surface area contributed by atoms with Crippen molar-refractivity contribution in [1.82, 2.24) is 4.72 Å². The van der Waals surface area contributed by atoms with Gasteiger partial charge in [0, 0.05) is 13.1 Å². The summed E-state index contributed by atoms with van der Waals surface area (Å²) in [5, 5.41) is 0. The molecule has 0 heterocycles. The lowest BCUT2D eigenvalue weighted by Gasteiger charge is -2.09. The van der Waals surface area contributed by atoms with Crippen molar-refractivity contribution >= 4 is 10.3 Å². The average Bonchev–Trinajstić information content (AvgIpc) is 2.53. The third kappa shape index (κ3) is 9.46. The number of rotatable bonds is 13. The molecule has 0 aromatic heterocycles. The Morgan fingerprint density at radius 3 is 2.22 bits per heavy atom. The van der Waals surface area contributed by atoms with Gasteiger partial charge in [0.2, 0.25) is 0 Å². The normalized spacial score (nSPS) is 11.4. The van der Waals surface area contributed by atoms with Crippen LogP contribution in [-0.4, -0.2) is 22.1 Å². The van der Waals surface area contributed by atoms with Gasteiger partial charge in [0.1, 0.15) is 11.5 Å². The summed E-state index contributed by atoms with van der Waals surface area (Å²) in [6.07, 6.45) is 10.0. The van der Waals surface area contributed by atoms with Gasteiger partial charge >= 0.3 is 10.3 Å². The minimum Gasteiger partial charge on any atom is -0.493 e. The third-order valence-electron chi connectivity index (χ3n) is 3.53. The first-order valence-electron chi connectivity index (χ1n) is 8.43. The number of nitrogens with one attached hydrogen (secondary N) is 1. The van der Waals surface area contributed by atoms with Crippen molar-refractivity contribution in [2.75, 3.05) is 13.7 Å². The first-order valence-corrected chi connectivity index (χ1v) is 9.84. The fraction of sp³-hybridized carbons (Fsp3) is 0.647. The van der Waals surface area contributed by atoms with Crippen LogP contribution in [0.4, 0.5) is 0 Å². The lowest BCUT2D eigenvalue weighted by Crippen LogP contribution is -2.24. The quantitative estimate of drug-likeness (QED) is 0.549. The van der Waals surface area contributed by atoms with E-state index in [9.17, 15) is 8.42 Å². The van der Waals surface area contributed by atoms with E-state index in [1.54, 1.807) is 24.3 Å². The summed E-state index contributed by atoms with van der Waals surface area (Å²) in [5.41, 5.74) is 0. The molecule has 1 aromatic rings. The van der Waals surface area contributed by atoms with Crippen molar-refractivity contribution in [3.63, 3.8) is 0 Å². The molecule has 0 amide bonds. The van der Waals surface area contributed by atoms with Crippen molar-refractivity contribution in [1.29, 1.82) is 0 Å². The Labute approximate surface area is 140 Å². The zero-order valence-electron chi connectivity index (χ0n) is 14.2. The van der Waals surface area contributed by atoms with Gasteiger partial charge < -0.3 is 8.92 Å². The van der Waals surface area contributed by atoms with Gasteiger partial charge in [0.05, 0.1) is 6.61 Å². The number of ether oxygens (including phenoxy) is 1. The highest BCUT2D eigenvalue weighted by atomic mass is 32.2. The van der Waals surface area contributed by atoms with Crippen LogP contribution in [0.3, 0.4) is 0 Å². The monoisotopic (exact) mass is 343 g/mol. The third-order valence-corrected chi connectivity index (χ3v) is 4.44. The van der Waals surface area contributed by atoms with E-state index < -0.39 is 10.3 Å². The lowest BCUT2D eigenvalue weighted by molar-refractivity contribution is 0.303. The van der Waals surface area contributed by atoms with Gasteiger partial charge in [-0.15, -0.1) is 0 Å². The molecule has 23 heavy (non-hydrogen) atoms. The van der Waals surface area contributed by atoms with E-state index in [1.165, 1.54) is 45.6 Å². The number of hydrogen-bond acceptors (Lipinski definition) is 4. The Balaban J connectivity index is 2.20. The second-order valence-corrected chi connectivity index (χ2v) is 7.02. The zero-order chi connectivity index (χ0) is 17.0. The van der Waals surface area contributed by atoms with Crippen molar-refractivity contribution < 1.29 is 17.3 Å². The van der Waals surface area contributed by atoms with E-state index in [1.807, 2.05) is 0 Å². The van der Waals surface area contributed by atoms with Crippen molar-refractivity contribution in [3.05, 3.63) is 24.3 Å².